The number of aryl methyl sites for hydroxylation is 1. The van der Waals surface area contributed by atoms with Crippen LogP contribution in [0.3, 0.4) is 0 Å². The first kappa shape index (κ1) is 13.9. The summed E-state index contributed by atoms with van der Waals surface area (Å²) in [7, 11) is 0. The van der Waals surface area contributed by atoms with Gasteiger partial charge < -0.3 is 14.6 Å². The van der Waals surface area contributed by atoms with Crippen molar-refractivity contribution < 1.29 is 14.2 Å². The Labute approximate surface area is 115 Å². The lowest BCUT2D eigenvalue weighted by Crippen LogP contribution is -2.05. The van der Waals surface area contributed by atoms with E-state index in [1.54, 1.807) is 38.1 Å². The van der Waals surface area contributed by atoms with Gasteiger partial charge in [0.1, 0.15) is 17.1 Å². The van der Waals surface area contributed by atoms with Crippen LogP contribution in [0.25, 0.3) is 0 Å². The van der Waals surface area contributed by atoms with Crippen LogP contribution in [0.1, 0.15) is 18.4 Å². The van der Waals surface area contributed by atoms with Crippen molar-refractivity contribution in [3.63, 3.8) is 0 Å². The van der Waals surface area contributed by atoms with Gasteiger partial charge in [0.2, 0.25) is 0 Å². The first-order chi connectivity index (χ1) is 9.61. The molecule has 2 rings (SSSR count). The van der Waals surface area contributed by atoms with E-state index in [2.05, 4.69) is 10.5 Å². The van der Waals surface area contributed by atoms with Crippen molar-refractivity contribution in [2.24, 2.45) is 0 Å². The smallest absolute Gasteiger partial charge is 0.333 e. The molecular weight excluding hydrogens is 262 g/mol. The number of hydrogen-bond acceptors (Lipinski definition) is 6. The molecule has 0 amide bonds. The monoisotopic (exact) mass is 277 g/mol. The summed E-state index contributed by atoms with van der Waals surface area (Å²) in [6.07, 6.45) is 0. The largest absolute Gasteiger partial charge is 0.487 e. The quantitative estimate of drug-likeness (QED) is 0.645. The molecule has 7 nitrogen and oxygen atoms in total. The molecule has 0 bridgehead atoms. The summed E-state index contributed by atoms with van der Waals surface area (Å²) < 4.78 is 10.2. The average Bonchev–Trinajstić information content (AvgIpc) is 2.82. The number of para-hydroxylation sites is 1. The number of nitro groups is 1. The summed E-state index contributed by atoms with van der Waals surface area (Å²) in [6, 6.07) is 6.68. The van der Waals surface area contributed by atoms with Gasteiger partial charge in [-0.05, 0) is 26.0 Å². The summed E-state index contributed by atoms with van der Waals surface area (Å²) in [6.45, 7) is 4.27. The first-order valence-corrected chi connectivity index (χ1v) is 6.18. The van der Waals surface area contributed by atoms with Gasteiger partial charge in [0.25, 0.3) is 0 Å². The molecule has 0 saturated carbocycles. The Morgan fingerprint density at radius 3 is 2.90 bits per heavy atom. The van der Waals surface area contributed by atoms with Crippen LogP contribution in [0.15, 0.2) is 28.8 Å². The Bertz CT molecular complexity index is 609. The molecule has 0 aliphatic carbocycles. The number of nitrogens with zero attached hydrogens (tertiary/aromatic N) is 2. The molecular formula is C13H15N3O4. The van der Waals surface area contributed by atoms with Crippen molar-refractivity contribution in [3.8, 4) is 5.75 Å². The van der Waals surface area contributed by atoms with Crippen LogP contribution in [-0.2, 0) is 6.54 Å². The van der Waals surface area contributed by atoms with Gasteiger partial charge in [-0.15, -0.1) is 0 Å². The topological polar surface area (TPSA) is 90.4 Å². The maximum atomic E-state index is 11.2. The van der Waals surface area contributed by atoms with Gasteiger partial charge in [-0.2, -0.15) is 0 Å². The normalized spacial score (nSPS) is 10.3. The molecule has 0 aliphatic rings. The Hall–Kier alpha value is -2.57. The van der Waals surface area contributed by atoms with E-state index in [0.29, 0.717) is 30.3 Å². The standard InChI is InChI=1S/C13H15N3O4/c1-3-19-12-6-4-5-11(13(12)16(17)18)14-8-10-7-9(2)20-15-10/h4-7,14H,3,8H2,1-2H3. The predicted octanol–water partition coefficient (Wildman–Crippen LogP) is 2.90. The Kier molecular flexibility index (Phi) is 4.19. The van der Waals surface area contributed by atoms with Crippen LogP contribution >= 0.6 is 0 Å². The van der Waals surface area contributed by atoms with Crippen LogP contribution in [-0.4, -0.2) is 16.7 Å². The third kappa shape index (κ3) is 3.05. The molecule has 0 radical (unpaired) electrons. The van der Waals surface area contributed by atoms with E-state index >= 15 is 0 Å². The molecule has 0 fully saturated rings. The number of aromatic nitrogens is 1. The number of benzene rings is 1. The highest BCUT2D eigenvalue weighted by molar-refractivity contribution is 5.68. The highest BCUT2D eigenvalue weighted by Gasteiger charge is 2.20. The van der Waals surface area contributed by atoms with Crippen molar-refractivity contribution in [1.29, 1.82) is 0 Å². The number of hydrogen-bond donors (Lipinski definition) is 1. The van der Waals surface area contributed by atoms with Gasteiger partial charge in [0.15, 0.2) is 5.75 Å². The molecule has 2 aromatic rings. The highest BCUT2D eigenvalue weighted by Crippen LogP contribution is 2.34. The molecule has 1 aromatic heterocycles. The molecule has 0 unspecified atom stereocenters. The fraction of sp³-hybridized carbons (Fsp3) is 0.308. The van der Waals surface area contributed by atoms with Crippen molar-refractivity contribution in [2.45, 2.75) is 20.4 Å². The maximum absolute atomic E-state index is 11.2. The van der Waals surface area contributed by atoms with Crippen molar-refractivity contribution in [1.82, 2.24) is 5.16 Å². The van der Waals surface area contributed by atoms with Crippen LogP contribution < -0.4 is 10.1 Å². The molecule has 0 spiro atoms. The van der Waals surface area contributed by atoms with Gasteiger partial charge >= 0.3 is 5.69 Å². The lowest BCUT2D eigenvalue weighted by molar-refractivity contribution is -0.384. The molecule has 0 saturated heterocycles. The SMILES string of the molecule is CCOc1cccc(NCc2cc(C)on2)c1[N+](=O)[O-]. The van der Waals surface area contributed by atoms with Crippen molar-refractivity contribution in [3.05, 3.63) is 45.8 Å². The fourth-order valence-corrected chi connectivity index (χ4v) is 1.81. The third-order valence-electron chi connectivity index (χ3n) is 2.62. The maximum Gasteiger partial charge on any atom is 0.333 e. The molecule has 7 heteroatoms. The summed E-state index contributed by atoms with van der Waals surface area (Å²) in [5, 5.41) is 18.0. The second-order valence-corrected chi connectivity index (χ2v) is 4.12. The van der Waals surface area contributed by atoms with E-state index in [9.17, 15) is 10.1 Å². The third-order valence-corrected chi connectivity index (χ3v) is 2.62. The molecule has 1 heterocycles. The minimum atomic E-state index is -0.457. The van der Waals surface area contributed by atoms with Crippen LogP contribution in [0.4, 0.5) is 11.4 Å². The molecule has 0 aliphatic heterocycles. The lowest BCUT2D eigenvalue weighted by atomic mass is 10.2. The Morgan fingerprint density at radius 1 is 1.50 bits per heavy atom. The summed E-state index contributed by atoms with van der Waals surface area (Å²) in [5.41, 5.74) is 0.995. The van der Waals surface area contributed by atoms with E-state index < -0.39 is 4.92 Å². The second-order valence-electron chi connectivity index (χ2n) is 4.12. The van der Waals surface area contributed by atoms with Gasteiger partial charge in [-0.25, -0.2) is 0 Å². The zero-order chi connectivity index (χ0) is 14.5. The lowest BCUT2D eigenvalue weighted by Gasteiger charge is -2.09. The second kappa shape index (κ2) is 6.05. The molecule has 0 atom stereocenters. The minimum absolute atomic E-state index is 0.0745. The van der Waals surface area contributed by atoms with Crippen LogP contribution in [0.5, 0.6) is 5.75 Å². The predicted molar refractivity (Wildman–Crippen MR) is 72.8 cm³/mol. The summed E-state index contributed by atoms with van der Waals surface area (Å²) in [5.74, 6) is 0.943. The summed E-state index contributed by atoms with van der Waals surface area (Å²) in [4.78, 5) is 10.7. The van der Waals surface area contributed by atoms with Gasteiger partial charge in [-0.1, -0.05) is 11.2 Å². The molecule has 1 N–H and O–H groups in total. The number of nitrogens with one attached hydrogen (secondary N) is 1. The number of nitro benzene ring substituents is 1. The fourth-order valence-electron chi connectivity index (χ4n) is 1.81. The minimum Gasteiger partial charge on any atom is -0.487 e. The van der Waals surface area contributed by atoms with E-state index in [1.807, 2.05) is 0 Å². The van der Waals surface area contributed by atoms with E-state index in [1.165, 1.54) is 0 Å². The van der Waals surface area contributed by atoms with Gasteiger partial charge in [0, 0.05) is 6.07 Å². The van der Waals surface area contributed by atoms with Crippen LogP contribution in [0, 0.1) is 17.0 Å². The zero-order valence-electron chi connectivity index (χ0n) is 11.3. The van der Waals surface area contributed by atoms with E-state index in [4.69, 9.17) is 9.26 Å². The first-order valence-electron chi connectivity index (χ1n) is 6.18. The highest BCUT2D eigenvalue weighted by atomic mass is 16.6. The van der Waals surface area contributed by atoms with Crippen molar-refractivity contribution >= 4 is 11.4 Å². The van der Waals surface area contributed by atoms with Crippen molar-refractivity contribution in [2.75, 3.05) is 11.9 Å². The zero-order valence-corrected chi connectivity index (χ0v) is 11.3. The Balaban J connectivity index is 2.22. The van der Waals surface area contributed by atoms with Gasteiger partial charge in [0.05, 0.1) is 18.1 Å². The van der Waals surface area contributed by atoms with Gasteiger partial charge in [-0.3, -0.25) is 10.1 Å². The average molecular weight is 277 g/mol. The molecule has 20 heavy (non-hydrogen) atoms. The summed E-state index contributed by atoms with van der Waals surface area (Å²) >= 11 is 0. The van der Waals surface area contributed by atoms with Crippen LogP contribution in [0.2, 0.25) is 0 Å². The molecule has 1 aromatic carbocycles. The Morgan fingerprint density at radius 2 is 2.30 bits per heavy atom. The molecule has 106 valence electrons. The number of rotatable bonds is 6. The number of anilines is 1. The number of ether oxygens (including phenoxy) is 1. The van der Waals surface area contributed by atoms with E-state index in [0.717, 1.165) is 0 Å². The van der Waals surface area contributed by atoms with E-state index in [-0.39, 0.29) is 11.4 Å².